The van der Waals surface area contributed by atoms with Crippen molar-refractivity contribution in [1.82, 2.24) is 9.88 Å². The third-order valence-electron chi connectivity index (χ3n) is 3.89. The van der Waals surface area contributed by atoms with Gasteiger partial charge in [-0.05, 0) is 12.8 Å². The molecule has 1 fully saturated rings. The van der Waals surface area contributed by atoms with Crippen molar-refractivity contribution >= 4 is 5.69 Å². The summed E-state index contributed by atoms with van der Waals surface area (Å²) in [5.41, 5.74) is -0.603. The lowest BCUT2D eigenvalue weighted by atomic mass is 9.99. The van der Waals surface area contributed by atoms with Crippen LogP contribution in [0, 0.1) is 10.1 Å². The summed E-state index contributed by atoms with van der Waals surface area (Å²) >= 11 is 0. The number of pyridine rings is 1. The van der Waals surface area contributed by atoms with Gasteiger partial charge in [-0.2, -0.15) is 0 Å². The van der Waals surface area contributed by atoms with Crippen molar-refractivity contribution < 1.29 is 10.0 Å². The Balaban J connectivity index is 1.98. The standard InChI is InChI=1S/C13H19N3O4/c17-10-13(5-1-2-6-13)14-7-8-15-9-11(16(19)20)3-4-12(15)18/h3-4,9,14,17H,1-2,5-8,10H2. The Morgan fingerprint density at radius 2 is 2.10 bits per heavy atom. The molecule has 1 aromatic rings. The van der Waals surface area contributed by atoms with Crippen LogP contribution in [-0.2, 0) is 6.54 Å². The lowest BCUT2D eigenvalue weighted by Gasteiger charge is -2.28. The average molecular weight is 281 g/mol. The van der Waals surface area contributed by atoms with Crippen LogP contribution in [0.15, 0.2) is 23.1 Å². The van der Waals surface area contributed by atoms with Gasteiger partial charge in [-0.25, -0.2) is 0 Å². The largest absolute Gasteiger partial charge is 0.394 e. The molecule has 7 heteroatoms. The van der Waals surface area contributed by atoms with Crippen molar-refractivity contribution in [3.05, 3.63) is 38.8 Å². The van der Waals surface area contributed by atoms with E-state index in [4.69, 9.17) is 0 Å². The number of nitrogens with one attached hydrogen (secondary N) is 1. The molecule has 0 amide bonds. The normalized spacial score (nSPS) is 17.2. The molecule has 0 radical (unpaired) electrons. The number of aliphatic hydroxyl groups is 1. The second-order valence-electron chi connectivity index (χ2n) is 5.25. The summed E-state index contributed by atoms with van der Waals surface area (Å²) in [6.45, 7) is 0.931. The zero-order valence-electron chi connectivity index (χ0n) is 11.2. The summed E-state index contributed by atoms with van der Waals surface area (Å²) in [6, 6.07) is 2.41. The lowest BCUT2D eigenvalue weighted by molar-refractivity contribution is -0.385. The average Bonchev–Trinajstić information content (AvgIpc) is 2.90. The number of rotatable bonds is 6. The van der Waals surface area contributed by atoms with Gasteiger partial charge in [0, 0.05) is 30.8 Å². The third-order valence-corrected chi connectivity index (χ3v) is 3.89. The van der Waals surface area contributed by atoms with Crippen LogP contribution >= 0.6 is 0 Å². The Hall–Kier alpha value is -1.73. The predicted octanol–water partition coefficient (Wildman–Crippen LogP) is 0.651. The minimum absolute atomic E-state index is 0.0802. The molecule has 0 spiro atoms. The number of nitro groups is 1. The minimum Gasteiger partial charge on any atom is -0.394 e. The van der Waals surface area contributed by atoms with Gasteiger partial charge in [0.05, 0.1) is 17.7 Å². The molecule has 0 saturated heterocycles. The Labute approximate surface area is 116 Å². The highest BCUT2D eigenvalue weighted by Gasteiger charge is 2.32. The smallest absolute Gasteiger partial charge is 0.285 e. The summed E-state index contributed by atoms with van der Waals surface area (Å²) in [5, 5.41) is 23.4. The molecular weight excluding hydrogens is 262 g/mol. The van der Waals surface area contributed by atoms with Crippen LogP contribution in [0.5, 0.6) is 0 Å². The van der Waals surface area contributed by atoms with Crippen LogP contribution in [0.2, 0.25) is 0 Å². The van der Waals surface area contributed by atoms with Crippen molar-refractivity contribution in [2.75, 3.05) is 13.2 Å². The van der Waals surface area contributed by atoms with Crippen LogP contribution < -0.4 is 10.9 Å². The molecule has 1 heterocycles. The third kappa shape index (κ3) is 3.23. The van der Waals surface area contributed by atoms with Crippen molar-refractivity contribution in [3.8, 4) is 0 Å². The summed E-state index contributed by atoms with van der Waals surface area (Å²) < 4.78 is 1.32. The van der Waals surface area contributed by atoms with E-state index in [2.05, 4.69) is 5.32 Å². The van der Waals surface area contributed by atoms with Gasteiger partial charge in [0.15, 0.2) is 0 Å². The molecule has 0 aromatic carbocycles. The van der Waals surface area contributed by atoms with Gasteiger partial charge in [0.2, 0.25) is 0 Å². The van der Waals surface area contributed by atoms with Crippen molar-refractivity contribution in [2.24, 2.45) is 0 Å². The minimum atomic E-state index is -0.518. The van der Waals surface area contributed by atoms with Gasteiger partial charge in [-0.1, -0.05) is 12.8 Å². The van der Waals surface area contributed by atoms with Gasteiger partial charge in [-0.15, -0.1) is 0 Å². The van der Waals surface area contributed by atoms with Gasteiger partial charge in [0.1, 0.15) is 0 Å². The van der Waals surface area contributed by atoms with Gasteiger partial charge >= 0.3 is 0 Å². The van der Waals surface area contributed by atoms with Gasteiger partial charge in [0.25, 0.3) is 11.2 Å². The molecule has 20 heavy (non-hydrogen) atoms. The van der Waals surface area contributed by atoms with Crippen LogP contribution in [0.25, 0.3) is 0 Å². The molecule has 1 aromatic heterocycles. The van der Waals surface area contributed by atoms with Crippen molar-refractivity contribution in [1.29, 1.82) is 0 Å². The fourth-order valence-electron chi connectivity index (χ4n) is 2.69. The first kappa shape index (κ1) is 14.7. The molecule has 1 aliphatic carbocycles. The number of hydrogen-bond donors (Lipinski definition) is 2. The summed E-state index contributed by atoms with van der Waals surface area (Å²) in [4.78, 5) is 21.8. The summed E-state index contributed by atoms with van der Waals surface area (Å²) in [5.74, 6) is 0. The molecule has 2 N–H and O–H groups in total. The molecular formula is C13H19N3O4. The Morgan fingerprint density at radius 3 is 2.70 bits per heavy atom. The van der Waals surface area contributed by atoms with E-state index in [9.17, 15) is 20.0 Å². The molecule has 7 nitrogen and oxygen atoms in total. The second-order valence-corrected chi connectivity index (χ2v) is 5.25. The monoisotopic (exact) mass is 281 g/mol. The molecule has 1 aliphatic rings. The number of aliphatic hydroxyl groups excluding tert-OH is 1. The van der Waals surface area contributed by atoms with E-state index in [1.165, 1.54) is 22.9 Å². The maximum atomic E-state index is 11.6. The van der Waals surface area contributed by atoms with E-state index < -0.39 is 4.92 Å². The summed E-state index contributed by atoms with van der Waals surface area (Å²) in [7, 11) is 0. The highest BCUT2D eigenvalue weighted by molar-refractivity contribution is 5.24. The zero-order chi connectivity index (χ0) is 14.6. The molecule has 0 unspecified atom stereocenters. The van der Waals surface area contributed by atoms with Crippen LogP contribution in [0.3, 0.4) is 0 Å². The maximum absolute atomic E-state index is 11.6. The first-order valence-electron chi connectivity index (χ1n) is 6.77. The Bertz CT molecular complexity index is 535. The van der Waals surface area contributed by atoms with Crippen molar-refractivity contribution in [3.63, 3.8) is 0 Å². The Kier molecular flexibility index (Phi) is 4.51. The fraction of sp³-hybridized carbons (Fsp3) is 0.615. The van der Waals surface area contributed by atoms with E-state index in [-0.39, 0.29) is 23.4 Å². The van der Waals surface area contributed by atoms with Gasteiger partial charge < -0.3 is 15.0 Å². The van der Waals surface area contributed by atoms with Crippen LogP contribution in [-0.4, -0.2) is 33.3 Å². The molecule has 1 saturated carbocycles. The predicted molar refractivity (Wildman–Crippen MR) is 73.6 cm³/mol. The van der Waals surface area contributed by atoms with E-state index in [0.717, 1.165) is 25.7 Å². The Morgan fingerprint density at radius 1 is 1.40 bits per heavy atom. The quantitative estimate of drug-likeness (QED) is 0.589. The highest BCUT2D eigenvalue weighted by atomic mass is 16.6. The van der Waals surface area contributed by atoms with Gasteiger partial charge in [-0.3, -0.25) is 14.9 Å². The fourth-order valence-corrected chi connectivity index (χ4v) is 2.69. The number of aromatic nitrogens is 1. The second kappa shape index (κ2) is 6.15. The zero-order valence-corrected chi connectivity index (χ0v) is 11.2. The molecule has 2 rings (SSSR count). The number of nitrogens with zero attached hydrogens (tertiary/aromatic N) is 2. The SMILES string of the molecule is O=c1ccc([N+](=O)[O-])cn1CCNC1(CO)CCCC1. The van der Waals surface area contributed by atoms with E-state index in [1.807, 2.05) is 0 Å². The van der Waals surface area contributed by atoms with Crippen LogP contribution in [0.1, 0.15) is 25.7 Å². The molecule has 0 aliphatic heterocycles. The first-order chi connectivity index (χ1) is 9.56. The lowest BCUT2D eigenvalue weighted by Crippen LogP contribution is -2.47. The first-order valence-corrected chi connectivity index (χ1v) is 6.77. The maximum Gasteiger partial charge on any atom is 0.285 e. The van der Waals surface area contributed by atoms with Crippen LogP contribution in [0.4, 0.5) is 5.69 Å². The number of hydrogen-bond acceptors (Lipinski definition) is 5. The van der Waals surface area contributed by atoms with E-state index >= 15 is 0 Å². The molecule has 0 bridgehead atoms. The topological polar surface area (TPSA) is 97.4 Å². The molecule has 110 valence electrons. The molecule has 0 atom stereocenters. The van der Waals surface area contributed by atoms with Crippen molar-refractivity contribution in [2.45, 2.75) is 37.8 Å². The highest BCUT2D eigenvalue weighted by Crippen LogP contribution is 2.28. The summed E-state index contributed by atoms with van der Waals surface area (Å²) in [6.07, 6.45) is 5.28. The van der Waals surface area contributed by atoms with E-state index in [1.54, 1.807) is 0 Å². The van der Waals surface area contributed by atoms with E-state index in [0.29, 0.717) is 13.1 Å².